The Bertz CT molecular complexity index is 1270. The third-order valence-corrected chi connectivity index (χ3v) is 5.16. The lowest BCUT2D eigenvalue weighted by Crippen LogP contribution is -2.42. The summed E-state index contributed by atoms with van der Waals surface area (Å²) in [5.41, 5.74) is 1.53. The summed E-state index contributed by atoms with van der Waals surface area (Å²) in [5, 5.41) is 2.80. The molecule has 0 spiro atoms. The van der Waals surface area contributed by atoms with Crippen molar-refractivity contribution in [1.29, 1.82) is 0 Å². The van der Waals surface area contributed by atoms with Gasteiger partial charge in [0.1, 0.15) is 23.3 Å². The number of nitrogens with one attached hydrogen (secondary N) is 1. The van der Waals surface area contributed by atoms with Crippen LogP contribution in [0.2, 0.25) is 0 Å². The van der Waals surface area contributed by atoms with E-state index in [0.717, 1.165) is 0 Å². The molecule has 4 rings (SSSR count). The zero-order chi connectivity index (χ0) is 24.6. The van der Waals surface area contributed by atoms with E-state index in [1.54, 1.807) is 48.5 Å². The number of rotatable bonds is 8. The number of para-hydroxylation sites is 1. The van der Waals surface area contributed by atoms with E-state index in [1.807, 2.05) is 13.0 Å². The molecule has 0 unspecified atom stereocenters. The molecule has 0 saturated carbocycles. The van der Waals surface area contributed by atoms with Crippen LogP contribution in [0.1, 0.15) is 29.0 Å². The van der Waals surface area contributed by atoms with Crippen LogP contribution in [-0.2, 0) is 4.79 Å². The average Bonchev–Trinajstić information content (AvgIpc) is 2.90. The van der Waals surface area contributed by atoms with E-state index in [2.05, 4.69) is 15.3 Å². The van der Waals surface area contributed by atoms with Crippen LogP contribution >= 0.6 is 0 Å². The summed E-state index contributed by atoms with van der Waals surface area (Å²) in [6, 6.07) is 20.1. The van der Waals surface area contributed by atoms with Gasteiger partial charge in [0.05, 0.1) is 12.8 Å². The van der Waals surface area contributed by atoms with Crippen molar-refractivity contribution in [3.63, 3.8) is 0 Å². The van der Waals surface area contributed by atoms with Crippen molar-refractivity contribution >= 4 is 23.2 Å². The Balaban J connectivity index is 1.81. The fourth-order valence-electron chi connectivity index (χ4n) is 3.58. The van der Waals surface area contributed by atoms with Crippen LogP contribution in [0.25, 0.3) is 0 Å². The van der Waals surface area contributed by atoms with E-state index in [1.165, 1.54) is 47.8 Å². The zero-order valence-corrected chi connectivity index (χ0v) is 19.0. The second kappa shape index (κ2) is 11.0. The molecule has 4 aromatic rings. The van der Waals surface area contributed by atoms with Gasteiger partial charge in [-0.2, -0.15) is 0 Å². The van der Waals surface area contributed by atoms with E-state index >= 15 is 0 Å². The van der Waals surface area contributed by atoms with Gasteiger partial charge < -0.3 is 10.1 Å². The maximum absolute atomic E-state index is 13.7. The molecule has 0 fully saturated rings. The molecule has 0 radical (unpaired) electrons. The molecule has 0 saturated heterocycles. The van der Waals surface area contributed by atoms with Crippen molar-refractivity contribution in [3.8, 4) is 5.75 Å². The highest BCUT2D eigenvalue weighted by Crippen LogP contribution is 2.31. The number of hydrogen-bond acceptors (Lipinski definition) is 5. The number of carbonyl (C=O) groups is 2. The number of carbonyl (C=O) groups excluding carboxylic acids is 2. The van der Waals surface area contributed by atoms with E-state index in [4.69, 9.17) is 4.74 Å². The minimum absolute atomic E-state index is 0.0851. The van der Waals surface area contributed by atoms with Gasteiger partial charge in [-0.3, -0.25) is 19.5 Å². The SMILES string of the molecule is CCOc1ccc([C@H](C(=O)Nc2ccc(F)cc2)N(C(=O)c2cnccn2)c2ccccc2)cc1. The van der Waals surface area contributed by atoms with Crippen molar-refractivity contribution in [2.75, 3.05) is 16.8 Å². The van der Waals surface area contributed by atoms with Crippen LogP contribution in [0.4, 0.5) is 15.8 Å². The van der Waals surface area contributed by atoms with Crippen molar-refractivity contribution in [2.24, 2.45) is 0 Å². The number of benzene rings is 3. The van der Waals surface area contributed by atoms with Crippen LogP contribution in [0.15, 0.2) is 97.5 Å². The number of nitrogens with zero attached hydrogens (tertiary/aromatic N) is 3. The molecule has 8 heteroatoms. The van der Waals surface area contributed by atoms with E-state index in [0.29, 0.717) is 29.3 Å². The van der Waals surface area contributed by atoms with Gasteiger partial charge >= 0.3 is 0 Å². The summed E-state index contributed by atoms with van der Waals surface area (Å²) in [6.45, 7) is 2.37. The molecule has 2 amide bonds. The first-order valence-electron chi connectivity index (χ1n) is 11.0. The third-order valence-electron chi connectivity index (χ3n) is 5.16. The molecule has 3 aromatic carbocycles. The van der Waals surface area contributed by atoms with E-state index in [9.17, 15) is 14.0 Å². The molecule has 7 nitrogen and oxygen atoms in total. The van der Waals surface area contributed by atoms with E-state index < -0.39 is 23.7 Å². The molecule has 1 heterocycles. The van der Waals surface area contributed by atoms with Crippen molar-refractivity contribution < 1.29 is 18.7 Å². The number of ether oxygens (including phenoxy) is 1. The van der Waals surface area contributed by atoms with Gasteiger partial charge in [-0.15, -0.1) is 0 Å². The predicted molar refractivity (Wildman–Crippen MR) is 131 cm³/mol. The number of amides is 2. The molecule has 1 aromatic heterocycles. The Kier molecular flexibility index (Phi) is 7.42. The monoisotopic (exact) mass is 470 g/mol. The first-order chi connectivity index (χ1) is 17.1. The normalized spacial score (nSPS) is 11.4. The van der Waals surface area contributed by atoms with Gasteiger partial charge in [-0.25, -0.2) is 9.37 Å². The molecule has 35 heavy (non-hydrogen) atoms. The summed E-state index contributed by atoms with van der Waals surface area (Å²) in [5.74, 6) is -0.769. The number of hydrogen-bond donors (Lipinski definition) is 1. The average molecular weight is 471 g/mol. The van der Waals surface area contributed by atoms with Gasteiger partial charge in [0.15, 0.2) is 0 Å². The molecule has 0 aliphatic heterocycles. The highest BCUT2D eigenvalue weighted by molar-refractivity contribution is 6.11. The van der Waals surface area contributed by atoms with Gasteiger partial charge in [0, 0.05) is 23.8 Å². The van der Waals surface area contributed by atoms with E-state index in [-0.39, 0.29) is 5.69 Å². The fraction of sp³-hybridized carbons (Fsp3) is 0.111. The minimum atomic E-state index is -1.08. The largest absolute Gasteiger partial charge is 0.494 e. The number of halogens is 1. The zero-order valence-electron chi connectivity index (χ0n) is 19.0. The molecular weight excluding hydrogens is 447 g/mol. The van der Waals surface area contributed by atoms with Gasteiger partial charge in [-0.1, -0.05) is 30.3 Å². The highest BCUT2D eigenvalue weighted by atomic mass is 19.1. The summed E-state index contributed by atoms with van der Waals surface area (Å²) in [7, 11) is 0. The van der Waals surface area contributed by atoms with Crippen LogP contribution in [0.5, 0.6) is 5.75 Å². The first-order valence-corrected chi connectivity index (χ1v) is 11.0. The van der Waals surface area contributed by atoms with Gasteiger partial charge in [0.2, 0.25) is 0 Å². The Morgan fingerprint density at radius 1 is 0.971 bits per heavy atom. The highest BCUT2D eigenvalue weighted by Gasteiger charge is 2.34. The Morgan fingerprint density at radius 3 is 2.31 bits per heavy atom. The Morgan fingerprint density at radius 2 is 1.69 bits per heavy atom. The topological polar surface area (TPSA) is 84.4 Å². The fourth-order valence-corrected chi connectivity index (χ4v) is 3.58. The van der Waals surface area contributed by atoms with Gasteiger partial charge in [-0.05, 0) is 61.0 Å². The summed E-state index contributed by atoms with van der Waals surface area (Å²) in [6.07, 6.45) is 4.24. The van der Waals surface area contributed by atoms with Crippen molar-refractivity contribution in [3.05, 3.63) is 115 Å². The molecule has 176 valence electrons. The standard InChI is InChI=1S/C27H23FN4O3/c1-2-35-23-14-8-19(9-15-23)25(26(33)31-21-12-10-20(28)11-13-21)32(22-6-4-3-5-7-22)27(34)24-18-29-16-17-30-24/h3-18,25H,2H2,1H3,(H,31,33)/t25-/m1/s1. The second-order valence-electron chi connectivity index (χ2n) is 7.50. The summed E-state index contributed by atoms with van der Waals surface area (Å²) in [4.78, 5) is 36.9. The first kappa shape index (κ1) is 23.6. The molecule has 1 N–H and O–H groups in total. The van der Waals surface area contributed by atoms with Crippen LogP contribution in [-0.4, -0.2) is 28.4 Å². The lowest BCUT2D eigenvalue weighted by Gasteiger charge is -2.31. The van der Waals surface area contributed by atoms with Crippen molar-refractivity contribution in [2.45, 2.75) is 13.0 Å². The smallest absolute Gasteiger partial charge is 0.279 e. The quantitative estimate of drug-likeness (QED) is 0.390. The Labute approximate surface area is 202 Å². The Hall–Kier alpha value is -4.59. The molecule has 0 bridgehead atoms. The maximum atomic E-state index is 13.7. The van der Waals surface area contributed by atoms with Gasteiger partial charge in [0.25, 0.3) is 11.8 Å². The predicted octanol–water partition coefficient (Wildman–Crippen LogP) is 5.04. The molecule has 0 aliphatic rings. The lowest BCUT2D eigenvalue weighted by molar-refractivity contribution is -0.117. The molecule has 0 aliphatic carbocycles. The van der Waals surface area contributed by atoms with Crippen molar-refractivity contribution in [1.82, 2.24) is 9.97 Å². The minimum Gasteiger partial charge on any atom is -0.494 e. The second-order valence-corrected chi connectivity index (χ2v) is 7.50. The van der Waals surface area contributed by atoms with Crippen LogP contribution in [0.3, 0.4) is 0 Å². The number of aromatic nitrogens is 2. The molecular formula is C27H23FN4O3. The maximum Gasteiger partial charge on any atom is 0.279 e. The van der Waals surface area contributed by atoms with Crippen LogP contribution < -0.4 is 15.0 Å². The third kappa shape index (κ3) is 5.67. The summed E-state index contributed by atoms with van der Waals surface area (Å²) >= 11 is 0. The number of anilines is 2. The van der Waals surface area contributed by atoms with Crippen LogP contribution in [0, 0.1) is 5.82 Å². The molecule has 1 atom stereocenters. The lowest BCUT2D eigenvalue weighted by atomic mass is 10.0. The summed E-state index contributed by atoms with van der Waals surface area (Å²) < 4.78 is 18.9.